The lowest BCUT2D eigenvalue weighted by Gasteiger charge is -2.27. The van der Waals surface area contributed by atoms with Crippen molar-refractivity contribution in [1.29, 1.82) is 0 Å². The topological polar surface area (TPSA) is 23.6 Å². The molecule has 0 aliphatic carbocycles. The smallest absolute Gasteiger partial charge is 0.259 e. The Bertz CT molecular complexity index is 639. The number of hydrogen-bond donors (Lipinski definition) is 0. The molecule has 0 spiro atoms. The van der Waals surface area contributed by atoms with Crippen LogP contribution in [0.5, 0.6) is 0 Å². The summed E-state index contributed by atoms with van der Waals surface area (Å²) < 4.78 is 0. The number of fused-ring (bicyclic) bond motifs is 1. The van der Waals surface area contributed by atoms with E-state index in [-0.39, 0.29) is 5.91 Å². The average molecular weight is 294 g/mol. The van der Waals surface area contributed by atoms with Crippen molar-refractivity contribution in [2.75, 3.05) is 18.1 Å². The molecule has 0 saturated carbocycles. The lowest BCUT2D eigenvalue weighted by Crippen LogP contribution is -2.39. The Morgan fingerprint density at radius 1 is 1.00 bits per heavy atom. The van der Waals surface area contributed by atoms with Gasteiger partial charge in [-0.15, -0.1) is 0 Å². The summed E-state index contributed by atoms with van der Waals surface area (Å²) in [5, 5.41) is 0. The second-order valence-electron chi connectivity index (χ2n) is 5.77. The summed E-state index contributed by atoms with van der Waals surface area (Å²) in [6.07, 6.45) is 2.32. The molecule has 1 amide bonds. The molecule has 1 aliphatic heterocycles. The highest BCUT2D eigenvalue weighted by atomic mass is 16.2. The van der Waals surface area contributed by atoms with Crippen LogP contribution in [0.25, 0.3) is 0 Å². The van der Waals surface area contributed by atoms with Crippen molar-refractivity contribution in [1.82, 2.24) is 4.90 Å². The van der Waals surface area contributed by atoms with Crippen molar-refractivity contribution in [3.05, 3.63) is 65.7 Å². The number of carbonyl (C=O) groups excluding carboxylic acids is 1. The van der Waals surface area contributed by atoms with Gasteiger partial charge in [-0.1, -0.05) is 49.7 Å². The predicted molar refractivity (Wildman–Crippen MR) is 89.9 cm³/mol. The predicted octanol–water partition coefficient (Wildman–Crippen LogP) is 3.91. The van der Waals surface area contributed by atoms with Gasteiger partial charge in [-0.25, -0.2) is 0 Å². The zero-order chi connectivity index (χ0) is 15.4. The first-order chi connectivity index (χ1) is 10.8. The Kier molecular flexibility index (Phi) is 4.54. The van der Waals surface area contributed by atoms with Crippen molar-refractivity contribution in [3.63, 3.8) is 0 Å². The molecule has 0 N–H and O–H groups in total. The van der Waals surface area contributed by atoms with Gasteiger partial charge in [0.15, 0.2) is 0 Å². The van der Waals surface area contributed by atoms with Crippen LogP contribution < -0.4 is 4.90 Å². The van der Waals surface area contributed by atoms with Gasteiger partial charge in [0.25, 0.3) is 5.91 Å². The third kappa shape index (κ3) is 3.04. The second-order valence-corrected chi connectivity index (χ2v) is 5.77. The molecule has 3 rings (SSSR count). The second kappa shape index (κ2) is 6.75. The molecule has 2 aromatic carbocycles. The molecule has 0 atom stereocenters. The van der Waals surface area contributed by atoms with E-state index < -0.39 is 0 Å². The minimum atomic E-state index is 0.0980. The summed E-state index contributed by atoms with van der Waals surface area (Å²) in [5.74, 6) is 0.0980. The first-order valence-electron chi connectivity index (χ1n) is 7.96. The molecule has 0 radical (unpaired) electrons. The van der Waals surface area contributed by atoms with Gasteiger partial charge in [0.05, 0.1) is 6.67 Å². The van der Waals surface area contributed by atoms with Gasteiger partial charge in [0, 0.05) is 24.3 Å². The summed E-state index contributed by atoms with van der Waals surface area (Å²) in [7, 11) is 0. The lowest BCUT2D eigenvalue weighted by molar-refractivity contribution is 0.0975. The summed E-state index contributed by atoms with van der Waals surface area (Å²) >= 11 is 0. The van der Waals surface area contributed by atoms with E-state index in [9.17, 15) is 4.79 Å². The Labute approximate surface area is 132 Å². The zero-order valence-electron chi connectivity index (χ0n) is 13.0. The summed E-state index contributed by atoms with van der Waals surface area (Å²) in [6, 6.07) is 17.9. The molecule has 3 nitrogen and oxygen atoms in total. The van der Waals surface area contributed by atoms with Gasteiger partial charge in [0.2, 0.25) is 0 Å². The number of nitrogens with zero attached hydrogens (tertiary/aromatic N) is 2. The number of anilines is 1. The van der Waals surface area contributed by atoms with Crippen LogP contribution >= 0.6 is 0 Å². The van der Waals surface area contributed by atoms with Crippen molar-refractivity contribution in [2.45, 2.75) is 26.3 Å². The molecular formula is C19H22N2O. The van der Waals surface area contributed by atoms with Crippen LogP contribution in [0.3, 0.4) is 0 Å². The lowest BCUT2D eigenvalue weighted by atomic mass is 10.1. The quantitative estimate of drug-likeness (QED) is 0.853. The molecule has 3 heteroatoms. The first-order valence-corrected chi connectivity index (χ1v) is 7.96. The zero-order valence-corrected chi connectivity index (χ0v) is 13.0. The molecular weight excluding hydrogens is 272 g/mol. The maximum absolute atomic E-state index is 13.0. The Balaban J connectivity index is 1.97. The van der Waals surface area contributed by atoms with Crippen molar-refractivity contribution < 1.29 is 4.79 Å². The van der Waals surface area contributed by atoms with Gasteiger partial charge < -0.3 is 0 Å². The molecule has 0 aromatic heterocycles. The highest BCUT2D eigenvalue weighted by Crippen LogP contribution is 2.24. The van der Waals surface area contributed by atoms with E-state index in [1.165, 1.54) is 0 Å². The van der Waals surface area contributed by atoms with Crippen LogP contribution in [0.1, 0.15) is 35.7 Å². The van der Waals surface area contributed by atoms with Crippen molar-refractivity contribution >= 4 is 11.6 Å². The summed E-state index contributed by atoms with van der Waals surface area (Å²) in [6.45, 7) is 4.70. The number of unbranched alkanes of at least 4 members (excludes halogenated alkanes) is 1. The number of benzene rings is 2. The van der Waals surface area contributed by atoms with Crippen LogP contribution in [-0.4, -0.2) is 24.0 Å². The largest absolute Gasteiger partial charge is 0.295 e. The van der Waals surface area contributed by atoms with E-state index in [2.05, 4.69) is 17.9 Å². The fraction of sp³-hybridized carbons (Fsp3) is 0.316. The monoisotopic (exact) mass is 294 g/mol. The minimum Gasteiger partial charge on any atom is -0.295 e. The maximum atomic E-state index is 13.0. The van der Waals surface area contributed by atoms with Gasteiger partial charge in [-0.3, -0.25) is 14.6 Å². The fourth-order valence-corrected chi connectivity index (χ4v) is 2.91. The normalized spacial score (nSPS) is 15.5. The number of hydrogen-bond acceptors (Lipinski definition) is 2. The molecule has 0 bridgehead atoms. The molecule has 0 fully saturated rings. The van der Waals surface area contributed by atoms with Crippen LogP contribution in [0.15, 0.2) is 54.6 Å². The third-order valence-corrected chi connectivity index (χ3v) is 4.12. The summed E-state index contributed by atoms with van der Waals surface area (Å²) in [4.78, 5) is 17.2. The Hall–Kier alpha value is -2.13. The fourth-order valence-electron chi connectivity index (χ4n) is 2.91. The molecule has 2 aromatic rings. The Morgan fingerprint density at radius 3 is 2.50 bits per heavy atom. The molecule has 1 heterocycles. The van der Waals surface area contributed by atoms with Gasteiger partial charge in [-0.2, -0.15) is 0 Å². The molecule has 0 unspecified atom stereocenters. The Morgan fingerprint density at radius 2 is 1.73 bits per heavy atom. The first kappa shape index (κ1) is 14.8. The molecule has 0 saturated heterocycles. The van der Waals surface area contributed by atoms with E-state index in [1.807, 2.05) is 53.4 Å². The van der Waals surface area contributed by atoms with E-state index in [1.54, 1.807) is 0 Å². The van der Waals surface area contributed by atoms with Crippen LogP contribution in [0, 0.1) is 0 Å². The van der Waals surface area contributed by atoms with Crippen molar-refractivity contribution in [2.24, 2.45) is 0 Å². The highest BCUT2D eigenvalue weighted by molar-refractivity contribution is 6.07. The highest BCUT2D eigenvalue weighted by Gasteiger charge is 2.26. The van der Waals surface area contributed by atoms with Crippen LogP contribution in [0.4, 0.5) is 5.69 Å². The van der Waals surface area contributed by atoms with Crippen molar-refractivity contribution in [3.8, 4) is 0 Å². The van der Waals surface area contributed by atoms with E-state index in [0.717, 1.165) is 42.7 Å². The maximum Gasteiger partial charge on any atom is 0.259 e. The van der Waals surface area contributed by atoms with E-state index >= 15 is 0 Å². The molecule has 1 aliphatic rings. The van der Waals surface area contributed by atoms with Gasteiger partial charge in [0.1, 0.15) is 0 Å². The number of carbonyl (C=O) groups is 1. The number of para-hydroxylation sites is 1. The number of rotatable bonds is 4. The van der Waals surface area contributed by atoms with E-state index in [4.69, 9.17) is 0 Å². The standard InChI is InChI=1S/C19H22N2O/c1-2-3-13-20-14-16-9-7-8-12-18(16)19(22)21(15-20)17-10-5-4-6-11-17/h4-12H,2-3,13-15H2,1H3. The number of amides is 1. The van der Waals surface area contributed by atoms with E-state index in [0.29, 0.717) is 6.67 Å². The van der Waals surface area contributed by atoms with Gasteiger partial charge >= 0.3 is 0 Å². The minimum absolute atomic E-state index is 0.0980. The average Bonchev–Trinajstić information content (AvgIpc) is 2.71. The van der Waals surface area contributed by atoms with Crippen LogP contribution in [-0.2, 0) is 6.54 Å². The van der Waals surface area contributed by atoms with Gasteiger partial charge in [-0.05, 0) is 30.2 Å². The third-order valence-electron chi connectivity index (χ3n) is 4.12. The van der Waals surface area contributed by atoms with Crippen LogP contribution in [0.2, 0.25) is 0 Å². The summed E-state index contributed by atoms with van der Waals surface area (Å²) in [5.41, 5.74) is 2.91. The molecule has 22 heavy (non-hydrogen) atoms. The SMILES string of the molecule is CCCCN1Cc2ccccc2C(=O)N(c2ccccc2)C1. The molecule has 114 valence electrons.